The van der Waals surface area contributed by atoms with Gasteiger partial charge in [-0.2, -0.15) is 0 Å². The summed E-state index contributed by atoms with van der Waals surface area (Å²) < 4.78 is 0. The molecule has 0 aliphatic heterocycles. The van der Waals surface area contributed by atoms with Crippen molar-refractivity contribution in [1.29, 1.82) is 0 Å². The van der Waals surface area contributed by atoms with Crippen LogP contribution in [0, 0.1) is 11.8 Å². The van der Waals surface area contributed by atoms with Gasteiger partial charge < -0.3 is 5.32 Å². The van der Waals surface area contributed by atoms with Crippen molar-refractivity contribution in [3.8, 4) is 0 Å². The molecule has 5 heteroatoms. The Kier molecular flexibility index (Phi) is 2.79. The highest BCUT2D eigenvalue weighted by Crippen LogP contribution is 2.37. The van der Waals surface area contributed by atoms with E-state index in [0.717, 1.165) is 24.1 Å². The highest BCUT2D eigenvalue weighted by atomic mass is 35.5. The molecule has 1 fully saturated rings. The Balaban J connectivity index is 1.97. The maximum absolute atomic E-state index is 5.84. The summed E-state index contributed by atoms with van der Waals surface area (Å²) in [5.74, 6) is 1.59. The molecular formula is C9H11Cl2N3. The first-order valence-electron chi connectivity index (χ1n) is 4.59. The summed E-state index contributed by atoms with van der Waals surface area (Å²) in [6.45, 7) is 3.18. The second-order valence-electron chi connectivity index (χ2n) is 3.73. The van der Waals surface area contributed by atoms with Crippen molar-refractivity contribution in [1.82, 2.24) is 10.2 Å². The predicted octanol–water partition coefficient (Wildman–Crippen LogP) is 2.85. The van der Waals surface area contributed by atoms with E-state index in [1.165, 1.54) is 6.42 Å². The van der Waals surface area contributed by atoms with Gasteiger partial charge in [-0.3, -0.25) is 0 Å². The van der Waals surface area contributed by atoms with Crippen LogP contribution in [0.3, 0.4) is 0 Å². The van der Waals surface area contributed by atoms with Gasteiger partial charge in [0.2, 0.25) is 0 Å². The molecule has 2 unspecified atom stereocenters. The normalized spacial score (nSPS) is 24.8. The molecule has 0 aromatic carbocycles. The summed E-state index contributed by atoms with van der Waals surface area (Å²) in [6.07, 6.45) is 1.29. The Bertz CT molecular complexity index is 343. The van der Waals surface area contributed by atoms with Gasteiger partial charge in [0.25, 0.3) is 0 Å². The van der Waals surface area contributed by atoms with Crippen LogP contribution in [0.25, 0.3) is 0 Å². The van der Waals surface area contributed by atoms with Crippen LogP contribution in [0.2, 0.25) is 10.3 Å². The quantitative estimate of drug-likeness (QED) is 0.870. The molecule has 0 saturated heterocycles. The molecule has 76 valence electrons. The fourth-order valence-corrected chi connectivity index (χ4v) is 1.71. The zero-order valence-electron chi connectivity index (χ0n) is 7.80. The van der Waals surface area contributed by atoms with Crippen LogP contribution >= 0.6 is 23.2 Å². The Hall–Kier alpha value is -0.540. The maximum atomic E-state index is 5.84. The average Bonchev–Trinajstić information content (AvgIpc) is 2.84. The summed E-state index contributed by atoms with van der Waals surface area (Å²) in [6, 6.07) is 1.70. The van der Waals surface area contributed by atoms with Crippen LogP contribution in [0.1, 0.15) is 13.3 Å². The summed E-state index contributed by atoms with van der Waals surface area (Å²) in [4.78, 5) is 0. The van der Waals surface area contributed by atoms with Gasteiger partial charge in [0, 0.05) is 12.6 Å². The highest BCUT2D eigenvalue weighted by Gasteiger charge is 2.32. The summed E-state index contributed by atoms with van der Waals surface area (Å²) in [7, 11) is 0. The SMILES string of the molecule is CC1CC1CNc1cc(Cl)nnc1Cl. The summed E-state index contributed by atoms with van der Waals surface area (Å²) in [5, 5.41) is 11.3. The van der Waals surface area contributed by atoms with Gasteiger partial charge in [-0.1, -0.05) is 30.1 Å². The van der Waals surface area contributed by atoms with Crippen LogP contribution in [0.4, 0.5) is 5.69 Å². The third-order valence-corrected chi connectivity index (χ3v) is 3.01. The fraction of sp³-hybridized carbons (Fsp3) is 0.556. The van der Waals surface area contributed by atoms with Gasteiger partial charge in [-0.15, -0.1) is 10.2 Å². The Morgan fingerprint density at radius 3 is 2.86 bits per heavy atom. The van der Waals surface area contributed by atoms with Crippen LogP contribution in [0.5, 0.6) is 0 Å². The molecule has 1 aliphatic rings. The van der Waals surface area contributed by atoms with Gasteiger partial charge >= 0.3 is 0 Å². The zero-order valence-corrected chi connectivity index (χ0v) is 9.31. The first-order valence-corrected chi connectivity index (χ1v) is 5.35. The van der Waals surface area contributed by atoms with E-state index >= 15 is 0 Å². The standard InChI is InChI=1S/C9H11Cl2N3/c1-5-2-6(5)4-12-7-3-8(10)13-14-9(7)11/h3,5-6H,2,4H2,1H3,(H,12,13). The zero-order chi connectivity index (χ0) is 10.1. The molecular weight excluding hydrogens is 221 g/mol. The van der Waals surface area contributed by atoms with Crippen molar-refractivity contribution in [2.24, 2.45) is 11.8 Å². The van der Waals surface area contributed by atoms with E-state index in [0.29, 0.717) is 10.3 Å². The van der Waals surface area contributed by atoms with E-state index < -0.39 is 0 Å². The molecule has 1 aromatic rings. The van der Waals surface area contributed by atoms with Crippen LogP contribution < -0.4 is 5.32 Å². The van der Waals surface area contributed by atoms with E-state index in [1.807, 2.05) is 0 Å². The maximum Gasteiger partial charge on any atom is 0.174 e. The Labute approximate surface area is 92.8 Å². The number of nitrogens with one attached hydrogen (secondary N) is 1. The lowest BCUT2D eigenvalue weighted by Crippen LogP contribution is -2.05. The summed E-state index contributed by atoms with van der Waals surface area (Å²) in [5.41, 5.74) is 0.769. The van der Waals surface area contributed by atoms with E-state index in [4.69, 9.17) is 23.2 Å². The highest BCUT2D eigenvalue weighted by molar-refractivity contribution is 6.33. The minimum Gasteiger partial charge on any atom is -0.382 e. The third-order valence-electron chi connectivity index (χ3n) is 2.55. The molecule has 0 bridgehead atoms. The van der Waals surface area contributed by atoms with Crippen molar-refractivity contribution in [2.45, 2.75) is 13.3 Å². The molecule has 1 N–H and O–H groups in total. The van der Waals surface area contributed by atoms with Gasteiger partial charge in [-0.25, -0.2) is 0 Å². The number of halogens is 2. The van der Waals surface area contributed by atoms with E-state index in [1.54, 1.807) is 6.07 Å². The van der Waals surface area contributed by atoms with Crippen molar-refractivity contribution in [3.05, 3.63) is 16.4 Å². The molecule has 2 atom stereocenters. The van der Waals surface area contributed by atoms with Crippen LogP contribution in [0.15, 0.2) is 6.07 Å². The molecule has 1 saturated carbocycles. The van der Waals surface area contributed by atoms with E-state index in [-0.39, 0.29) is 0 Å². The second kappa shape index (κ2) is 3.91. The van der Waals surface area contributed by atoms with Crippen LogP contribution in [-0.2, 0) is 0 Å². The molecule has 0 radical (unpaired) electrons. The lowest BCUT2D eigenvalue weighted by Gasteiger charge is -2.06. The number of nitrogens with zero attached hydrogens (tertiary/aromatic N) is 2. The lowest BCUT2D eigenvalue weighted by molar-refractivity contribution is 0.786. The Morgan fingerprint density at radius 1 is 1.50 bits per heavy atom. The molecule has 3 nitrogen and oxygen atoms in total. The minimum atomic E-state index is 0.362. The second-order valence-corrected chi connectivity index (χ2v) is 4.47. The molecule has 0 spiro atoms. The first kappa shape index (κ1) is 9.99. The van der Waals surface area contributed by atoms with Gasteiger partial charge in [0.1, 0.15) is 0 Å². The number of rotatable bonds is 3. The smallest absolute Gasteiger partial charge is 0.174 e. The van der Waals surface area contributed by atoms with Crippen molar-refractivity contribution in [2.75, 3.05) is 11.9 Å². The van der Waals surface area contributed by atoms with E-state index in [2.05, 4.69) is 22.4 Å². The largest absolute Gasteiger partial charge is 0.382 e. The molecule has 0 amide bonds. The van der Waals surface area contributed by atoms with Crippen LogP contribution in [-0.4, -0.2) is 16.7 Å². The van der Waals surface area contributed by atoms with E-state index in [9.17, 15) is 0 Å². The topological polar surface area (TPSA) is 37.8 Å². The van der Waals surface area contributed by atoms with Crippen molar-refractivity contribution >= 4 is 28.9 Å². The number of hydrogen-bond donors (Lipinski definition) is 1. The predicted molar refractivity (Wildman–Crippen MR) is 57.8 cm³/mol. The van der Waals surface area contributed by atoms with Gasteiger partial charge in [0.15, 0.2) is 10.3 Å². The molecule has 1 heterocycles. The van der Waals surface area contributed by atoms with Crippen molar-refractivity contribution in [3.63, 3.8) is 0 Å². The number of anilines is 1. The number of aromatic nitrogens is 2. The van der Waals surface area contributed by atoms with Crippen molar-refractivity contribution < 1.29 is 0 Å². The van der Waals surface area contributed by atoms with Gasteiger partial charge in [0.05, 0.1) is 5.69 Å². The monoisotopic (exact) mass is 231 g/mol. The lowest BCUT2D eigenvalue weighted by atomic mass is 10.3. The molecule has 1 aliphatic carbocycles. The third kappa shape index (κ3) is 2.28. The fourth-order valence-electron chi connectivity index (χ4n) is 1.40. The average molecular weight is 232 g/mol. The summed E-state index contributed by atoms with van der Waals surface area (Å²) >= 11 is 11.5. The minimum absolute atomic E-state index is 0.362. The molecule has 2 rings (SSSR count). The molecule has 14 heavy (non-hydrogen) atoms. The number of hydrogen-bond acceptors (Lipinski definition) is 3. The first-order chi connectivity index (χ1) is 6.66. The molecule has 1 aromatic heterocycles. The van der Waals surface area contributed by atoms with Gasteiger partial charge in [-0.05, 0) is 18.3 Å². The Morgan fingerprint density at radius 2 is 2.21 bits per heavy atom.